The molecule has 1 aromatic carbocycles. The first-order chi connectivity index (χ1) is 12.2. The molecule has 0 N–H and O–H groups in total. The second kappa shape index (κ2) is 5.55. The fraction of sp³-hybridized carbons (Fsp3) is 0.450. The molecule has 0 radical (unpaired) electrons. The molecule has 5 nitrogen and oxygen atoms in total. The number of likely N-dealkylation sites (tertiary alicyclic amines) is 1. The van der Waals surface area contributed by atoms with E-state index in [1.165, 1.54) is 18.4 Å². The maximum Gasteiger partial charge on any atom is 0.257 e. The Bertz CT molecular complexity index is 816. The largest absolute Gasteiger partial charge is 0.485 e. The minimum Gasteiger partial charge on any atom is -0.485 e. The Morgan fingerprint density at radius 3 is 2.76 bits per heavy atom. The number of carbonyl (C=O) groups is 1. The number of fused-ring (bicyclic) bond motifs is 1. The van der Waals surface area contributed by atoms with Gasteiger partial charge in [-0.1, -0.05) is 18.2 Å². The van der Waals surface area contributed by atoms with Gasteiger partial charge in [0.15, 0.2) is 0 Å². The number of carbonyl (C=O) groups excluding carboxylic acids is 1. The van der Waals surface area contributed by atoms with Crippen molar-refractivity contribution in [3.05, 3.63) is 53.6 Å². The van der Waals surface area contributed by atoms with E-state index in [0.29, 0.717) is 18.0 Å². The zero-order chi connectivity index (χ0) is 16.9. The molecule has 1 unspecified atom stereocenters. The average molecular weight is 335 g/mol. The summed E-state index contributed by atoms with van der Waals surface area (Å²) < 4.78 is 6.33. The SMILES string of the molecule is O=C(c1cnc(C2CC2)nc1)N1CCC2(CCc3ccccc3O2)C1. The van der Waals surface area contributed by atoms with Crippen molar-refractivity contribution in [1.82, 2.24) is 14.9 Å². The Labute approximate surface area is 147 Å². The first-order valence-corrected chi connectivity index (χ1v) is 9.11. The third kappa shape index (κ3) is 2.68. The van der Waals surface area contributed by atoms with Crippen LogP contribution >= 0.6 is 0 Å². The Morgan fingerprint density at radius 1 is 1.16 bits per heavy atom. The molecule has 1 spiro atoms. The first-order valence-electron chi connectivity index (χ1n) is 9.11. The molecule has 3 aliphatic rings. The molecule has 2 fully saturated rings. The lowest BCUT2D eigenvalue weighted by Gasteiger charge is -2.35. The van der Waals surface area contributed by atoms with Gasteiger partial charge in [0, 0.05) is 31.3 Å². The number of para-hydroxylation sites is 1. The van der Waals surface area contributed by atoms with Crippen LogP contribution < -0.4 is 4.74 Å². The number of aromatic nitrogens is 2. The third-order valence-corrected chi connectivity index (χ3v) is 5.61. The molecule has 128 valence electrons. The normalized spacial score (nSPS) is 24.9. The van der Waals surface area contributed by atoms with Crippen LogP contribution in [-0.2, 0) is 6.42 Å². The molecule has 3 heterocycles. The summed E-state index contributed by atoms with van der Waals surface area (Å²) in [5.74, 6) is 2.37. The second-order valence-electron chi connectivity index (χ2n) is 7.47. The van der Waals surface area contributed by atoms with Crippen LogP contribution in [0.4, 0.5) is 0 Å². The fourth-order valence-electron chi connectivity index (χ4n) is 3.95. The van der Waals surface area contributed by atoms with Gasteiger partial charge < -0.3 is 9.64 Å². The van der Waals surface area contributed by atoms with Crippen LogP contribution in [0.2, 0.25) is 0 Å². The molecule has 5 rings (SSSR count). The summed E-state index contributed by atoms with van der Waals surface area (Å²) in [6, 6.07) is 8.22. The van der Waals surface area contributed by atoms with Crippen LogP contribution in [-0.4, -0.2) is 39.5 Å². The van der Waals surface area contributed by atoms with Gasteiger partial charge in [-0.3, -0.25) is 4.79 Å². The summed E-state index contributed by atoms with van der Waals surface area (Å²) in [6.45, 7) is 1.37. The van der Waals surface area contributed by atoms with Crippen molar-refractivity contribution < 1.29 is 9.53 Å². The van der Waals surface area contributed by atoms with Crippen molar-refractivity contribution in [1.29, 1.82) is 0 Å². The van der Waals surface area contributed by atoms with Crippen LogP contribution in [0.5, 0.6) is 5.75 Å². The smallest absolute Gasteiger partial charge is 0.257 e. The average Bonchev–Trinajstić information content (AvgIpc) is 3.43. The summed E-state index contributed by atoms with van der Waals surface area (Å²) in [4.78, 5) is 23.5. The van der Waals surface area contributed by atoms with E-state index in [4.69, 9.17) is 4.74 Å². The molecule has 1 amide bonds. The quantitative estimate of drug-likeness (QED) is 0.847. The highest BCUT2D eigenvalue weighted by atomic mass is 16.5. The van der Waals surface area contributed by atoms with Crippen molar-refractivity contribution in [3.8, 4) is 5.75 Å². The van der Waals surface area contributed by atoms with Crippen molar-refractivity contribution >= 4 is 5.91 Å². The van der Waals surface area contributed by atoms with Crippen LogP contribution in [0.25, 0.3) is 0 Å². The van der Waals surface area contributed by atoms with E-state index in [1.807, 2.05) is 17.0 Å². The molecule has 0 bridgehead atoms. The Morgan fingerprint density at radius 2 is 1.96 bits per heavy atom. The predicted molar refractivity (Wildman–Crippen MR) is 92.6 cm³/mol. The van der Waals surface area contributed by atoms with Gasteiger partial charge in [0.05, 0.1) is 12.1 Å². The highest BCUT2D eigenvalue weighted by molar-refractivity contribution is 5.93. The molecule has 25 heavy (non-hydrogen) atoms. The van der Waals surface area contributed by atoms with Gasteiger partial charge in [-0.25, -0.2) is 9.97 Å². The highest BCUT2D eigenvalue weighted by Crippen LogP contribution is 2.39. The summed E-state index contributed by atoms with van der Waals surface area (Å²) in [7, 11) is 0. The molecule has 1 saturated heterocycles. The highest BCUT2D eigenvalue weighted by Gasteiger charge is 2.44. The van der Waals surface area contributed by atoms with E-state index in [1.54, 1.807) is 12.4 Å². The maximum absolute atomic E-state index is 12.8. The first kappa shape index (κ1) is 14.9. The number of hydrogen-bond acceptors (Lipinski definition) is 4. The lowest BCUT2D eigenvalue weighted by atomic mass is 9.90. The molecule has 1 aliphatic carbocycles. The van der Waals surface area contributed by atoms with Gasteiger partial charge >= 0.3 is 0 Å². The number of ether oxygens (including phenoxy) is 1. The van der Waals surface area contributed by atoms with E-state index >= 15 is 0 Å². The Hall–Kier alpha value is -2.43. The Balaban J connectivity index is 1.31. The number of hydrogen-bond donors (Lipinski definition) is 0. The second-order valence-corrected chi connectivity index (χ2v) is 7.47. The van der Waals surface area contributed by atoms with Crippen LogP contribution in [0.3, 0.4) is 0 Å². The van der Waals surface area contributed by atoms with E-state index in [2.05, 4.69) is 22.1 Å². The molecular weight excluding hydrogens is 314 g/mol. The zero-order valence-electron chi connectivity index (χ0n) is 14.1. The van der Waals surface area contributed by atoms with E-state index in [9.17, 15) is 4.79 Å². The fourth-order valence-corrected chi connectivity index (χ4v) is 3.95. The maximum atomic E-state index is 12.8. The zero-order valence-corrected chi connectivity index (χ0v) is 14.1. The van der Waals surface area contributed by atoms with Crippen LogP contribution in [0.15, 0.2) is 36.7 Å². The van der Waals surface area contributed by atoms with Gasteiger partial charge in [-0.15, -0.1) is 0 Å². The van der Waals surface area contributed by atoms with Crippen molar-refractivity contribution in [2.24, 2.45) is 0 Å². The molecule has 5 heteroatoms. The number of rotatable bonds is 2. The van der Waals surface area contributed by atoms with Crippen molar-refractivity contribution in [2.75, 3.05) is 13.1 Å². The molecule has 1 atom stereocenters. The Kier molecular flexibility index (Phi) is 3.30. The van der Waals surface area contributed by atoms with Gasteiger partial charge in [0.1, 0.15) is 17.2 Å². The van der Waals surface area contributed by atoms with Gasteiger partial charge in [0.25, 0.3) is 5.91 Å². The minimum absolute atomic E-state index is 0.0154. The minimum atomic E-state index is -0.237. The predicted octanol–water partition coefficient (Wildman–Crippen LogP) is 2.96. The standard InChI is InChI=1S/C20H21N3O2/c24-19(16-11-21-18(22-12-16)15-5-6-15)23-10-9-20(13-23)8-7-14-3-1-2-4-17(14)25-20/h1-4,11-12,15H,5-10,13H2. The molecular formula is C20H21N3O2. The van der Waals surface area contributed by atoms with Crippen molar-refractivity contribution in [3.63, 3.8) is 0 Å². The monoisotopic (exact) mass is 335 g/mol. The third-order valence-electron chi connectivity index (χ3n) is 5.61. The van der Waals surface area contributed by atoms with Crippen molar-refractivity contribution in [2.45, 2.75) is 43.6 Å². The number of amides is 1. The topological polar surface area (TPSA) is 55.3 Å². The summed E-state index contributed by atoms with van der Waals surface area (Å²) in [5, 5.41) is 0. The van der Waals surface area contributed by atoms with E-state index < -0.39 is 0 Å². The lowest BCUT2D eigenvalue weighted by molar-refractivity contribution is 0.0484. The number of aryl methyl sites for hydroxylation is 1. The molecule has 2 aliphatic heterocycles. The lowest BCUT2D eigenvalue weighted by Crippen LogP contribution is -2.43. The van der Waals surface area contributed by atoms with Crippen LogP contribution in [0, 0.1) is 0 Å². The van der Waals surface area contributed by atoms with Gasteiger partial charge in [0.2, 0.25) is 0 Å². The number of benzene rings is 1. The molecule has 1 aromatic heterocycles. The molecule has 2 aromatic rings. The summed E-state index contributed by atoms with van der Waals surface area (Å²) in [5.41, 5.74) is 1.61. The van der Waals surface area contributed by atoms with Gasteiger partial charge in [-0.2, -0.15) is 0 Å². The summed E-state index contributed by atoms with van der Waals surface area (Å²) in [6.07, 6.45) is 8.56. The number of nitrogens with zero attached hydrogens (tertiary/aromatic N) is 3. The molecule has 1 saturated carbocycles. The van der Waals surface area contributed by atoms with E-state index in [-0.39, 0.29) is 11.5 Å². The summed E-state index contributed by atoms with van der Waals surface area (Å²) >= 11 is 0. The van der Waals surface area contributed by atoms with Crippen LogP contribution in [0.1, 0.15) is 53.3 Å². The van der Waals surface area contributed by atoms with Gasteiger partial charge in [-0.05, 0) is 37.3 Å². The van der Waals surface area contributed by atoms with E-state index in [0.717, 1.165) is 37.4 Å².